The van der Waals surface area contributed by atoms with Gasteiger partial charge in [-0.05, 0) is 49.4 Å². The maximum atomic E-state index is 12.7. The van der Waals surface area contributed by atoms with Crippen LogP contribution in [0.1, 0.15) is 19.3 Å². The molecule has 1 fully saturated rings. The third kappa shape index (κ3) is 4.15. The summed E-state index contributed by atoms with van der Waals surface area (Å²) >= 11 is 5.84. The fourth-order valence-electron chi connectivity index (χ4n) is 3.30. The van der Waals surface area contributed by atoms with Crippen LogP contribution in [0, 0.1) is 5.92 Å². The third-order valence-corrected chi connectivity index (χ3v) is 6.84. The number of nitrogens with zero attached hydrogens (tertiary/aromatic N) is 2. The summed E-state index contributed by atoms with van der Waals surface area (Å²) in [5.74, 6) is 0.722. The van der Waals surface area contributed by atoms with Gasteiger partial charge in [0.05, 0.1) is 4.90 Å². The van der Waals surface area contributed by atoms with Crippen LogP contribution in [0.2, 0.25) is 5.02 Å². The first-order valence-electron chi connectivity index (χ1n) is 8.19. The van der Waals surface area contributed by atoms with E-state index in [0.717, 1.165) is 32.0 Å². The van der Waals surface area contributed by atoms with Gasteiger partial charge in [-0.3, -0.25) is 0 Å². The largest absolute Gasteiger partial charge is 0.300 e. The predicted octanol–water partition coefficient (Wildman–Crippen LogP) is 3.00. The zero-order chi connectivity index (χ0) is 16.3. The Kier molecular flexibility index (Phi) is 5.42. The Morgan fingerprint density at radius 3 is 2.35 bits per heavy atom. The summed E-state index contributed by atoms with van der Waals surface area (Å²) in [5, 5.41) is 0.551. The number of hydrogen-bond donors (Lipinski definition) is 0. The van der Waals surface area contributed by atoms with Crippen molar-refractivity contribution in [2.24, 2.45) is 5.92 Å². The van der Waals surface area contributed by atoms with E-state index in [1.54, 1.807) is 28.6 Å². The highest BCUT2D eigenvalue weighted by Crippen LogP contribution is 2.22. The molecule has 6 heteroatoms. The molecule has 0 spiro atoms. The van der Waals surface area contributed by atoms with E-state index in [1.807, 2.05) is 0 Å². The Labute approximate surface area is 143 Å². The van der Waals surface area contributed by atoms with E-state index >= 15 is 0 Å². The van der Waals surface area contributed by atoms with Crippen molar-refractivity contribution in [1.29, 1.82) is 0 Å². The summed E-state index contributed by atoms with van der Waals surface area (Å²) in [4.78, 5) is 2.73. The Morgan fingerprint density at radius 1 is 1.04 bits per heavy atom. The first kappa shape index (κ1) is 17.0. The molecule has 1 atom stereocenters. The molecule has 1 aromatic carbocycles. The second-order valence-corrected chi connectivity index (χ2v) is 8.68. The van der Waals surface area contributed by atoms with Gasteiger partial charge < -0.3 is 4.90 Å². The lowest BCUT2D eigenvalue weighted by atomic mass is 9.94. The van der Waals surface area contributed by atoms with E-state index in [4.69, 9.17) is 11.6 Å². The van der Waals surface area contributed by atoms with E-state index in [-0.39, 0.29) is 0 Å². The molecule has 0 aromatic heterocycles. The fraction of sp³-hybridized carbons (Fsp3) is 0.529. The van der Waals surface area contributed by atoms with Crippen LogP contribution in [0.5, 0.6) is 0 Å². The number of hydrogen-bond acceptors (Lipinski definition) is 3. The van der Waals surface area contributed by atoms with Crippen molar-refractivity contribution in [2.45, 2.75) is 24.2 Å². The predicted molar refractivity (Wildman–Crippen MR) is 93.1 cm³/mol. The molecule has 1 aliphatic carbocycles. The van der Waals surface area contributed by atoms with Crippen LogP contribution in [0.3, 0.4) is 0 Å². The molecule has 0 N–H and O–H groups in total. The molecule has 4 nitrogen and oxygen atoms in total. The fourth-order valence-corrected chi connectivity index (χ4v) is 4.84. The van der Waals surface area contributed by atoms with Gasteiger partial charge in [-0.15, -0.1) is 0 Å². The van der Waals surface area contributed by atoms with E-state index < -0.39 is 10.0 Å². The Balaban J connectivity index is 1.57. The van der Waals surface area contributed by atoms with Crippen molar-refractivity contribution in [1.82, 2.24) is 9.21 Å². The monoisotopic (exact) mass is 354 g/mol. The van der Waals surface area contributed by atoms with E-state index in [2.05, 4.69) is 17.1 Å². The van der Waals surface area contributed by atoms with Crippen molar-refractivity contribution < 1.29 is 8.42 Å². The summed E-state index contributed by atoms with van der Waals surface area (Å²) in [6.45, 7) is 3.83. The molecule has 0 amide bonds. The summed E-state index contributed by atoms with van der Waals surface area (Å²) < 4.78 is 26.9. The lowest BCUT2D eigenvalue weighted by molar-refractivity contribution is 0.161. The smallest absolute Gasteiger partial charge is 0.243 e. The van der Waals surface area contributed by atoms with Gasteiger partial charge in [0.15, 0.2) is 0 Å². The first-order chi connectivity index (χ1) is 11.1. The van der Waals surface area contributed by atoms with Gasteiger partial charge in [-0.25, -0.2) is 8.42 Å². The molecule has 0 bridgehead atoms. The summed E-state index contributed by atoms with van der Waals surface area (Å²) in [6, 6.07) is 6.42. The minimum Gasteiger partial charge on any atom is -0.300 e. The van der Waals surface area contributed by atoms with Gasteiger partial charge >= 0.3 is 0 Å². The summed E-state index contributed by atoms with van der Waals surface area (Å²) in [6.07, 6.45) is 8.11. The molecule has 2 aliphatic rings. The second-order valence-electron chi connectivity index (χ2n) is 6.31. The summed E-state index contributed by atoms with van der Waals surface area (Å²) in [7, 11) is -3.40. The Hall–Kier alpha value is -0.880. The van der Waals surface area contributed by atoms with Gasteiger partial charge in [0.25, 0.3) is 0 Å². The van der Waals surface area contributed by atoms with E-state index in [0.29, 0.717) is 23.0 Å². The normalized spacial score (nSPS) is 24.0. The quantitative estimate of drug-likeness (QED) is 0.780. The van der Waals surface area contributed by atoms with E-state index in [9.17, 15) is 8.42 Å². The average molecular weight is 355 g/mol. The van der Waals surface area contributed by atoms with Gasteiger partial charge in [0, 0.05) is 37.7 Å². The van der Waals surface area contributed by atoms with Crippen molar-refractivity contribution in [3.63, 3.8) is 0 Å². The minimum absolute atomic E-state index is 0.327. The highest BCUT2D eigenvalue weighted by molar-refractivity contribution is 7.89. The van der Waals surface area contributed by atoms with Gasteiger partial charge in [-0.1, -0.05) is 23.8 Å². The number of sulfonamides is 1. The number of rotatable bonds is 4. The average Bonchev–Trinajstić information content (AvgIpc) is 2.57. The molecule has 1 aromatic rings. The molecule has 0 unspecified atom stereocenters. The molecule has 126 valence electrons. The molecule has 0 radical (unpaired) electrons. The van der Waals surface area contributed by atoms with Crippen LogP contribution >= 0.6 is 11.6 Å². The lowest BCUT2D eigenvalue weighted by Crippen LogP contribution is -2.49. The standard InChI is InChI=1S/C17H23ClN2O2S/c18-16-6-8-17(9-7-16)23(21,22)20-12-10-19(11-13-20)14-15-4-2-1-3-5-15/h1-2,6-9,15H,3-5,10-14H2/t15-/m1/s1. The van der Waals surface area contributed by atoms with Crippen LogP contribution in [0.4, 0.5) is 0 Å². The van der Waals surface area contributed by atoms with Crippen LogP contribution in [-0.4, -0.2) is 50.3 Å². The zero-order valence-corrected chi connectivity index (χ0v) is 14.8. The van der Waals surface area contributed by atoms with Crippen LogP contribution in [0.15, 0.2) is 41.3 Å². The first-order valence-corrected chi connectivity index (χ1v) is 10.0. The molecule has 23 heavy (non-hydrogen) atoms. The minimum atomic E-state index is -3.40. The molecule has 1 saturated heterocycles. The van der Waals surface area contributed by atoms with Gasteiger partial charge in [0.2, 0.25) is 10.0 Å². The number of halogens is 1. The van der Waals surface area contributed by atoms with E-state index in [1.165, 1.54) is 12.8 Å². The van der Waals surface area contributed by atoms with Crippen molar-refractivity contribution >= 4 is 21.6 Å². The molecule has 0 saturated carbocycles. The highest BCUT2D eigenvalue weighted by atomic mass is 35.5. The molecular weight excluding hydrogens is 332 g/mol. The molecule has 1 aliphatic heterocycles. The molecule has 1 heterocycles. The molecular formula is C17H23ClN2O2S. The third-order valence-electron chi connectivity index (χ3n) is 4.68. The SMILES string of the molecule is O=S(=O)(c1ccc(Cl)cc1)N1CCN(C[C@@H]2CC=CCC2)CC1. The highest BCUT2D eigenvalue weighted by Gasteiger charge is 2.29. The number of piperazine rings is 1. The van der Waals surface area contributed by atoms with Crippen LogP contribution < -0.4 is 0 Å². The summed E-state index contributed by atoms with van der Waals surface area (Å²) in [5.41, 5.74) is 0. The van der Waals surface area contributed by atoms with Crippen molar-refractivity contribution in [3.05, 3.63) is 41.4 Å². The van der Waals surface area contributed by atoms with Crippen molar-refractivity contribution in [3.8, 4) is 0 Å². The van der Waals surface area contributed by atoms with Crippen LogP contribution in [0.25, 0.3) is 0 Å². The Bertz CT molecular complexity index is 650. The lowest BCUT2D eigenvalue weighted by Gasteiger charge is -2.36. The maximum absolute atomic E-state index is 12.7. The zero-order valence-electron chi connectivity index (χ0n) is 13.2. The second kappa shape index (κ2) is 7.34. The van der Waals surface area contributed by atoms with Crippen molar-refractivity contribution in [2.75, 3.05) is 32.7 Å². The van der Waals surface area contributed by atoms with Crippen LogP contribution in [-0.2, 0) is 10.0 Å². The topological polar surface area (TPSA) is 40.6 Å². The number of benzene rings is 1. The maximum Gasteiger partial charge on any atom is 0.243 e. The molecule has 3 rings (SSSR count). The Morgan fingerprint density at radius 2 is 1.74 bits per heavy atom. The van der Waals surface area contributed by atoms with Gasteiger partial charge in [0.1, 0.15) is 0 Å². The van der Waals surface area contributed by atoms with Gasteiger partial charge in [-0.2, -0.15) is 4.31 Å². The number of allylic oxidation sites excluding steroid dienone is 2.